The number of likely N-dealkylation sites (N-methyl/N-ethyl adjacent to an activating group) is 1. The van der Waals surface area contributed by atoms with Crippen molar-refractivity contribution < 1.29 is 40.5 Å². The SMILES string of the molecule is CCCCCCCCOS(=O)(=O)O.CCOCCOC(=O)C[N@+]1(C)C=C[N+](C)=C1. The van der Waals surface area contributed by atoms with Gasteiger partial charge in [0.2, 0.25) is 6.20 Å². The van der Waals surface area contributed by atoms with Gasteiger partial charge in [0.15, 0.2) is 12.7 Å². The first kappa shape index (κ1) is 27.7. The van der Waals surface area contributed by atoms with Crippen LogP contribution in [0.1, 0.15) is 52.4 Å². The van der Waals surface area contributed by atoms with E-state index in [2.05, 4.69) is 11.1 Å². The van der Waals surface area contributed by atoms with Crippen molar-refractivity contribution >= 4 is 22.7 Å². The molecule has 0 aromatic carbocycles. The molecule has 0 aromatic rings. The number of unbranched alkanes of at least 4 members (excludes halogenated alkanes) is 5. The summed E-state index contributed by atoms with van der Waals surface area (Å²) in [5.74, 6) is -0.210. The molecule has 0 aromatic heterocycles. The van der Waals surface area contributed by atoms with Crippen LogP contribution in [0.3, 0.4) is 0 Å². The average molecular weight is 439 g/mol. The van der Waals surface area contributed by atoms with Crippen LogP contribution in [-0.4, -0.2) is 81.4 Å². The number of carbonyl (C=O) groups excluding carboxylic acids is 1. The van der Waals surface area contributed by atoms with Crippen LogP contribution >= 0.6 is 0 Å². The number of quaternary nitrogens is 1. The lowest BCUT2D eigenvalue weighted by Gasteiger charge is -2.16. The Labute approximate surface area is 175 Å². The smallest absolute Gasteiger partial charge is 0.397 e. The molecule has 0 bridgehead atoms. The maximum atomic E-state index is 11.5. The van der Waals surface area contributed by atoms with Crippen molar-refractivity contribution in [3.63, 3.8) is 0 Å². The lowest BCUT2D eigenvalue weighted by Crippen LogP contribution is -2.41. The minimum atomic E-state index is -4.22. The second-order valence-electron chi connectivity index (χ2n) is 7.02. The fraction of sp³-hybridized carbons (Fsp3) is 0.789. The van der Waals surface area contributed by atoms with Gasteiger partial charge in [-0.15, -0.1) is 0 Å². The quantitative estimate of drug-likeness (QED) is 0.146. The molecule has 1 aliphatic heterocycles. The molecule has 9 nitrogen and oxygen atoms in total. The van der Waals surface area contributed by atoms with Crippen molar-refractivity contribution in [3.8, 4) is 0 Å². The van der Waals surface area contributed by atoms with Gasteiger partial charge in [-0.2, -0.15) is 13.0 Å². The Balaban J connectivity index is 0.000000555. The van der Waals surface area contributed by atoms with Gasteiger partial charge < -0.3 is 9.47 Å². The van der Waals surface area contributed by atoms with E-state index in [1.807, 2.05) is 44.3 Å². The summed E-state index contributed by atoms with van der Waals surface area (Å²) < 4.78 is 45.1. The van der Waals surface area contributed by atoms with Gasteiger partial charge in [-0.3, -0.25) is 4.55 Å². The summed E-state index contributed by atoms with van der Waals surface area (Å²) in [4.78, 5) is 11.5. The highest BCUT2D eigenvalue weighted by Crippen LogP contribution is 2.06. The van der Waals surface area contributed by atoms with Gasteiger partial charge in [-0.05, 0) is 13.3 Å². The van der Waals surface area contributed by atoms with E-state index in [-0.39, 0.29) is 12.6 Å². The van der Waals surface area contributed by atoms with E-state index in [1.165, 1.54) is 19.3 Å². The van der Waals surface area contributed by atoms with Gasteiger partial charge in [0, 0.05) is 6.61 Å². The average Bonchev–Trinajstić information content (AvgIpc) is 2.96. The van der Waals surface area contributed by atoms with Crippen molar-refractivity contribution in [3.05, 3.63) is 12.4 Å². The Bertz CT molecular complexity index is 620. The van der Waals surface area contributed by atoms with Gasteiger partial charge in [0.1, 0.15) is 13.7 Å². The van der Waals surface area contributed by atoms with Crippen LogP contribution in [0.25, 0.3) is 0 Å². The highest BCUT2D eigenvalue weighted by Gasteiger charge is 2.30. The zero-order valence-electron chi connectivity index (χ0n) is 18.2. The summed E-state index contributed by atoms with van der Waals surface area (Å²) in [6, 6.07) is 0. The Hall–Kier alpha value is -1.33. The summed E-state index contributed by atoms with van der Waals surface area (Å²) in [6.45, 7) is 5.89. The fourth-order valence-electron chi connectivity index (χ4n) is 2.57. The number of hydrogen-bond donors (Lipinski definition) is 1. The van der Waals surface area contributed by atoms with E-state index >= 15 is 0 Å². The first-order valence-electron chi connectivity index (χ1n) is 10.1. The van der Waals surface area contributed by atoms with Crippen molar-refractivity contribution in [1.82, 2.24) is 0 Å². The summed E-state index contributed by atoms with van der Waals surface area (Å²) in [6.07, 6.45) is 12.2. The van der Waals surface area contributed by atoms with E-state index in [0.717, 1.165) is 12.8 Å². The van der Waals surface area contributed by atoms with Gasteiger partial charge >= 0.3 is 22.7 Å². The normalized spacial score (nSPS) is 18.2. The standard InChI is InChI=1S/C11H20N2O3.C8H18O4S/c1-4-15-7-8-16-11(14)9-13(3)6-5-12(2)10-13;1-2-3-4-5-6-7-8-12-13(9,10)11/h5-6,10H,4,7-9H2,1-3H3;2-8H2,1H3,(H,9,10,11)/q+2;/t13-;/m0./s1. The third-order valence-electron chi connectivity index (χ3n) is 3.98. The molecule has 1 atom stereocenters. The van der Waals surface area contributed by atoms with Gasteiger partial charge in [-0.1, -0.05) is 39.0 Å². The zero-order chi connectivity index (χ0) is 22.2. The molecular formula is C19H38N2O7S+2. The molecule has 0 saturated heterocycles. The van der Waals surface area contributed by atoms with E-state index in [4.69, 9.17) is 14.0 Å². The number of nitrogens with zero attached hydrogens (tertiary/aromatic N) is 2. The van der Waals surface area contributed by atoms with E-state index in [0.29, 0.717) is 37.3 Å². The molecule has 170 valence electrons. The van der Waals surface area contributed by atoms with E-state index in [9.17, 15) is 13.2 Å². The lowest BCUT2D eigenvalue weighted by molar-refractivity contribution is -0.759. The number of rotatable bonds is 14. The van der Waals surface area contributed by atoms with Crippen LogP contribution in [0.2, 0.25) is 0 Å². The fourth-order valence-corrected chi connectivity index (χ4v) is 2.90. The predicted molar refractivity (Wildman–Crippen MR) is 111 cm³/mol. The highest BCUT2D eigenvalue weighted by atomic mass is 32.3. The van der Waals surface area contributed by atoms with Crippen LogP contribution in [0.15, 0.2) is 12.4 Å². The number of carbonyl (C=O) groups is 1. The predicted octanol–water partition coefficient (Wildman–Crippen LogP) is 2.33. The Morgan fingerprint density at radius 3 is 2.28 bits per heavy atom. The molecule has 0 fully saturated rings. The molecule has 0 saturated carbocycles. The summed E-state index contributed by atoms with van der Waals surface area (Å²) in [5.41, 5.74) is 0. The van der Waals surface area contributed by atoms with Gasteiger partial charge in [0.05, 0.1) is 20.3 Å². The molecule has 0 unspecified atom stereocenters. The van der Waals surface area contributed by atoms with Crippen molar-refractivity contribution in [1.29, 1.82) is 0 Å². The van der Waals surface area contributed by atoms with Crippen LogP contribution in [0, 0.1) is 0 Å². The Morgan fingerprint density at radius 1 is 1.07 bits per heavy atom. The summed E-state index contributed by atoms with van der Waals surface area (Å²) in [7, 11) is -0.342. The molecular weight excluding hydrogens is 400 g/mol. The molecule has 0 amide bonds. The molecule has 1 rings (SSSR count). The van der Waals surface area contributed by atoms with E-state index < -0.39 is 10.4 Å². The van der Waals surface area contributed by atoms with E-state index in [1.54, 1.807) is 0 Å². The first-order valence-corrected chi connectivity index (χ1v) is 11.5. The van der Waals surface area contributed by atoms with Crippen molar-refractivity contribution in [2.45, 2.75) is 52.4 Å². The molecule has 29 heavy (non-hydrogen) atoms. The highest BCUT2D eigenvalue weighted by molar-refractivity contribution is 7.80. The second kappa shape index (κ2) is 15.5. The van der Waals surface area contributed by atoms with Crippen LogP contribution < -0.4 is 0 Å². The molecule has 0 aliphatic carbocycles. The number of hydrogen-bond acceptors (Lipinski definition) is 6. The number of ether oxygens (including phenoxy) is 2. The van der Waals surface area contributed by atoms with Crippen molar-refractivity contribution in [2.24, 2.45) is 0 Å². The van der Waals surface area contributed by atoms with Crippen LogP contribution in [0.4, 0.5) is 0 Å². The minimum absolute atomic E-state index is 0.0883. The number of esters is 1. The van der Waals surface area contributed by atoms with Gasteiger partial charge in [-0.25, -0.2) is 13.5 Å². The Kier molecular flexibility index (Phi) is 14.8. The molecule has 10 heteroatoms. The topological polar surface area (TPSA) is 102 Å². The van der Waals surface area contributed by atoms with Crippen LogP contribution in [0.5, 0.6) is 0 Å². The monoisotopic (exact) mass is 438 g/mol. The zero-order valence-corrected chi connectivity index (χ0v) is 19.0. The summed E-state index contributed by atoms with van der Waals surface area (Å²) in [5, 5.41) is 0. The molecule has 1 aliphatic rings. The largest absolute Gasteiger partial charge is 0.459 e. The maximum Gasteiger partial charge on any atom is 0.397 e. The van der Waals surface area contributed by atoms with Crippen LogP contribution in [-0.2, 0) is 28.9 Å². The summed E-state index contributed by atoms with van der Waals surface area (Å²) >= 11 is 0. The molecule has 1 heterocycles. The minimum Gasteiger partial charge on any atom is -0.459 e. The first-order chi connectivity index (χ1) is 13.6. The van der Waals surface area contributed by atoms with Crippen molar-refractivity contribution in [2.75, 3.05) is 47.1 Å². The van der Waals surface area contributed by atoms with Gasteiger partial charge in [0.25, 0.3) is 0 Å². The third kappa shape index (κ3) is 17.3. The Morgan fingerprint density at radius 2 is 1.72 bits per heavy atom. The second-order valence-corrected chi connectivity index (χ2v) is 8.11. The molecule has 1 N–H and O–H groups in total. The lowest BCUT2D eigenvalue weighted by atomic mass is 10.1. The molecule has 0 radical (unpaired) electrons. The maximum absolute atomic E-state index is 11.5. The third-order valence-corrected chi connectivity index (χ3v) is 4.45. The molecule has 0 spiro atoms.